The number of hydrogen-bond acceptors (Lipinski definition) is 4. The molecule has 0 bridgehead atoms. The van der Waals surface area contributed by atoms with E-state index in [1.807, 2.05) is 0 Å². The zero-order valence-electron chi connectivity index (χ0n) is 13.3. The lowest BCUT2D eigenvalue weighted by atomic mass is 10.0. The zero-order valence-corrected chi connectivity index (χ0v) is 14.2. The summed E-state index contributed by atoms with van der Waals surface area (Å²) in [5, 5.41) is 11.4. The number of nitrogens with zero attached hydrogens (tertiary/aromatic N) is 1. The number of carboxylic acids is 1. The van der Waals surface area contributed by atoms with E-state index < -0.39 is 12.0 Å². The second kappa shape index (κ2) is 9.71. The smallest absolute Gasteiger partial charge is 0.325 e. The molecule has 1 aliphatic rings. The average Bonchev–Trinajstić information content (AvgIpc) is 2.95. The third-order valence-corrected chi connectivity index (χ3v) is 4.74. The van der Waals surface area contributed by atoms with Crippen LogP contribution in [0.5, 0.6) is 0 Å². The maximum Gasteiger partial charge on any atom is 0.325 e. The Bertz CT molecular complexity index is 397. The third-order valence-electron chi connectivity index (χ3n) is 3.95. The normalized spacial score (nSPS) is 16.3. The van der Waals surface area contributed by atoms with Gasteiger partial charge in [0.1, 0.15) is 6.04 Å². The van der Waals surface area contributed by atoms with Gasteiger partial charge in [-0.2, -0.15) is 0 Å². The van der Waals surface area contributed by atoms with Crippen molar-refractivity contribution in [1.29, 1.82) is 0 Å². The summed E-state index contributed by atoms with van der Waals surface area (Å²) in [7, 11) is 0. The van der Waals surface area contributed by atoms with Gasteiger partial charge in [0.05, 0.1) is 0 Å². The summed E-state index contributed by atoms with van der Waals surface area (Å²) in [4.78, 5) is 35.7. The summed E-state index contributed by atoms with van der Waals surface area (Å²) >= 11 is 1.18. The Morgan fingerprint density at radius 3 is 2.45 bits per heavy atom. The Hall–Kier alpha value is -1.24. The molecule has 2 amide bonds. The molecule has 0 spiro atoms. The summed E-state index contributed by atoms with van der Waals surface area (Å²) in [6.07, 6.45) is 5.88. The van der Waals surface area contributed by atoms with Gasteiger partial charge in [-0.15, -0.1) is 0 Å². The zero-order chi connectivity index (χ0) is 16.5. The molecule has 0 heterocycles. The first-order valence-corrected chi connectivity index (χ1v) is 8.80. The van der Waals surface area contributed by atoms with E-state index in [1.165, 1.54) is 51.3 Å². The van der Waals surface area contributed by atoms with E-state index in [-0.39, 0.29) is 11.1 Å². The number of thioether (sulfide) groups is 1. The number of amides is 2. The van der Waals surface area contributed by atoms with Gasteiger partial charge < -0.3 is 15.3 Å². The fourth-order valence-corrected chi connectivity index (χ4v) is 3.19. The Morgan fingerprint density at radius 2 is 1.91 bits per heavy atom. The lowest BCUT2D eigenvalue weighted by molar-refractivity contribution is -0.138. The number of carbonyl (C=O) groups excluding carboxylic acids is 2. The van der Waals surface area contributed by atoms with Crippen LogP contribution in [0.4, 0.5) is 4.79 Å². The van der Waals surface area contributed by atoms with E-state index in [0.717, 1.165) is 6.42 Å². The number of nitrogens with one attached hydrogen (secondary N) is 1. The molecule has 1 atom stereocenters. The monoisotopic (exact) mass is 330 g/mol. The second-order valence-electron chi connectivity index (χ2n) is 5.78. The maximum atomic E-state index is 12.2. The highest BCUT2D eigenvalue weighted by Gasteiger charge is 2.21. The van der Waals surface area contributed by atoms with Gasteiger partial charge >= 0.3 is 12.0 Å². The number of urea groups is 1. The van der Waals surface area contributed by atoms with E-state index in [4.69, 9.17) is 5.11 Å². The van der Waals surface area contributed by atoms with Crippen LogP contribution < -0.4 is 5.32 Å². The predicted molar refractivity (Wildman–Crippen MR) is 86.9 cm³/mol. The molecule has 0 radical (unpaired) electrons. The molecule has 2 N–H and O–H groups in total. The largest absolute Gasteiger partial charge is 0.480 e. The van der Waals surface area contributed by atoms with Crippen molar-refractivity contribution < 1.29 is 19.5 Å². The molecule has 0 saturated heterocycles. The van der Waals surface area contributed by atoms with Crippen LogP contribution in [0.15, 0.2) is 0 Å². The van der Waals surface area contributed by atoms with Crippen LogP contribution in [0, 0.1) is 5.92 Å². The summed E-state index contributed by atoms with van der Waals surface area (Å²) in [5.74, 6) is 0.143. The molecule has 0 aliphatic heterocycles. The minimum atomic E-state index is -1.05. The highest BCUT2D eigenvalue weighted by Crippen LogP contribution is 2.27. The molecule has 0 aromatic rings. The molecular formula is C15H26N2O4S. The molecule has 7 heteroatoms. The molecule has 126 valence electrons. The third kappa shape index (κ3) is 7.15. The standard InChI is InChI=1S/C15H26N2O4S/c1-11(14(19)20)16-15(21)17(9-10-22-12(2)18)8-7-13-5-3-4-6-13/h11,13H,3-10H2,1-2H3,(H,16,21)(H,19,20)/t11-/m0/s1. The van der Waals surface area contributed by atoms with E-state index in [1.54, 1.807) is 4.90 Å². The van der Waals surface area contributed by atoms with Gasteiger partial charge in [0, 0.05) is 25.8 Å². The van der Waals surface area contributed by atoms with Crippen LogP contribution in [-0.4, -0.2) is 52.0 Å². The van der Waals surface area contributed by atoms with E-state index >= 15 is 0 Å². The number of carboxylic acid groups (broad SMARTS) is 1. The minimum Gasteiger partial charge on any atom is -0.480 e. The number of aliphatic carboxylic acids is 1. The van der Waals surface area contributed by atoms with Crippen molar-refractivity contribution in [2.45, 2.75) is 52.0 Å². The van der Waals surface area contributed by atoms with Gasteiger partial charge in [0.25, 0.3) is 0 Å². The Morgan fingerprint density at radius 1 is 1.27 bits per heavy atom. The molecule has 6 nitrogen and oxygen atoms in total. The van der Waals surface area contributed by atoms with E-state index in [2.05, 4.69) is 5.32 Å². The Labute approximate surface area is 136 Å². The first-order chi connectivity index (χ1) is 10.4. The Kier molecular flexibility index (Phi) is 8.30. The summed E-state index contributed by atoms with van der Waals surface area (Å²) in [5.41, 5.74) is 0. The molecule has 1 fully saturated rings. The molecule has 0 unspecified atom stereocenters. The molecule has 22 heavy (non-hydrogen) atoms. The fraction of sp³-hybridized carbons (Fsp3) is 0.800. The van der Waals surface area contributed by atoms with Crippen LogP contribution in [0.3, 0.4) is 0 Å². The van der Waals surface area contributed by atoms with Crippen molar-refractivity contribution in [3.05, 3.63) is 0 Å². The molecule has 1 rings (SSSR count). The molecule has 0 aromatic heterocycles. The topological polar surface area (TPSA) is 86.7 Å². The summed E-state index contributed by atoms with van der Waals surface area (Å²) in [6, 6.07) is -1.28. The molecule has 0 aromatic carbocycles. The van der Waals surface area contributed by atoms with E-state index in [9.17, 15) is 14.4 Å². The van der Waals surface area contributed by atoms with Gasteiger partial charge in [-0.25, -0.2) is 4.79 Å². The van der Waals surface area contributed by atoms with Crippen molar-refractivity contribution >= 4 is 28.9 Å². The van der Waals surface area contributed by atoms with Gasteiger partial charge in [-0.1, -0.05) is 37.4 Å². The number of hydrogen-bond donors (Lipinski definition) is 2. The van der Waals surface area contributed by atoms with Crippen molar-refractivity contribution in [2.75, 3.05) is 18.8 Å². The fourth-order valence-electron chi connectivity index (χ4n) is 2.59. The average molecular weight is 330 g/mol. The lowest BCUT2D eigenvalue weighted by Gasteiger charge is -2.25. The van der Waals surface area contributed by atoms with Crippen molar-refractivity contribution in [2.24, 2.45) is 5.92 Å². The number of rotatable bonds is 8. The molecule has 1 aliphatic carbocycles. The van der Waals surface area contributed by atoms with Gasteiger partial charge in [0.2, 0.25) is 0 Å². The maximum absolute atomic E-state index is 12.2. The molecular weight excluding hydrogens is 304 g/mol. The number of carbonyl (C=O) groups is 3. The van der Waals surface area contributed by atoms with Gasteiger partial charge in [-0.3, -0.25) is 9.59 Å². The van der Waals surface area contributed by atoms with Crippen LogP contribution in [0.1, 0.15) is 46.0 Å². The van der Waals surface area contributed by atoms with Crippen molar-refractivity contribution in [3.63, 3.8) is 0 Å². The highest BCUT2D eigenvalue weighted by atomic mass is 32.2. The summed E-state index contributed by atoms with van der Waals surface area (Å²) in [6.45, 7) is 4.01. The minimum absolute atomic E-state index is 0.0232. The van der Waals surface area contributed by atoms with Crippen LogP contribution in [0.2, 0.25) is 0 Å². The van der Waals surface area contributed by atoms with Crippen LogP contribution >= 0.6 is 11.8 Å². The second-order valence-corrected chi connectivity index (χ2v) is 7.05. The van der Waals surface area contributed by atoms with Crippen molar-refractivity contribution in [1.82, 2.24) is 10.2 Å². The van der Waals surface area contributed by atoms with Gasteiger partial charge in [-0.05, 0) is 19.3 Å². The van der Waals surface area contributed by atoms with Crippen LogP contribution in [-0.2, 0) is 9.59 Å². The van der Waals surface area contributed by atoms with Crippen molar-refractivity contribution in [3.8, 4) is 0 Å². The molecule has 1 saturated carbocycles. The van der Waals surface area contributed by atoms with E-state index in [0.29, 0.717) is 24.8 Å². The van der Waals surface area contributed by atoms with Gasteiger partial charge in [0.15, 0.2) is 5.12 Å². The Balaban J connectivity index is 2.48. The highest BCUT2D eigenvalue weighted by molar-refractivity contribution is 8.13. The quantitative estimate of drug-likeness (QED) is 0.713. The predicted octanol–water partition coefficient (Wildman–Crippen LogP) is 2.33. The summed E-state index contributed by atoms with van der Waals surface area (Å²) < 4.78 is 0. The first kappa shape index (κ1) is 18.8. The lowest BCUT2D eigenvalue weighted by Crippen LogP contribution is -2.47. The first-order valence-electron chi connectivity index (χ1n) is 7.81. The SMILES string of the molecule is CC(=O)SCCN(CCC1CCCC1)C(=O)N[C@@H](C)C(=O)O. The van der Waals surface area contributed by atoms with Crippen LogP contribution in [0.25, 0.3) is 0 Å².